The third-order valence-electron chi connectivity index (χ3n) is 3.86. The van der Waals surface area contributed by atoms with Crippen molar-refractivity contribution in [3.63, 3.8) is 0 Å². The van der Waals surface area contributed by atoms with Gasteiger partial charge in [-0.05, 0) is 26.6 Å². The number of rotatable bonds is 8. The first-order valence-corrected chi connectivity index (χ1v) is 8.92. The summed E-state index contributed by atoms with van der Waals surface area (Å²) in [7, 11) is 5.66. The highest BCUT2D eigenvalue weighted by Gasteiger charge is 2.19. The lowest BCUT2D eigenvalue weighted by Gasteiger charge is -2.26. The highest BCUT2D eigenvalue weighted by molar-refractivity contribution is 7.09. The minimum Gasteiger partial charge on any atom is -0.496 e. The van der Waals surface area contributed by atoms with Crippen molar-refractivity contribution in [1.82, 2.24) is 15.2 Å². The number of methoxy groups -OCH3 is 1. The quantitative estimate of drug-likeness (QED) is 0.798. The maximum atomic E-state index is 12.2. The Morgan fingerprint density at radius 3 is 2.75 bits per heavy atom. The summed E-state index contributed by atoms with van der Waals surface area (Å²) in [5, 5.41) is 6.05. The zero-order valence-electron chi connectivity index (χ0n) is 14.7. The molecule has 130 valence electrons. The number of para-hydroxylation sites is 1. The van der Waals surface area contributed by atoms with Gasteiger partial charge in [-0.25, -0.2) is 4.98 Å². The monoisotopic (exact) mass is 347 g/mol. The molecule has 1 aromatic heterocycles. The predicted octanol–water partition coefficient (Wildman–Crippen LogP) is 2.68. The minimum atomic E-state index is -0.00954. The van der Waals surface area contributed by atoms with Crippen molar-refractivity contribution >= 4 is 17.2 Å². The number of likely N-dealkylation sites (N-methyl/N-ethyl adjacent to an activating group) is 1. The number of ether oxygens (including phenoxy) is 1. The molecule has 0 saturated heterocycles. The van der Waals surface area contributed by atoms with Gasteiger partial charge >= 0.3 is 0 Å². The largest absolute Gasteiger partial charge is 0.496 e. The van der Waals surface area contributed by atoms with Gasteiger partial charge in [0.05, 0.1) is 30.3 Å². The van der Waals surface area contributed by atoms with E-state index in [0.717, 1.165) is 28.4 Å². The maximum Gasteiger partial charge on any atom is 0.226 e. The number of hydrogen-bond acceptors (Lipinski definition) is 5. The van der Waals surface area contributed by atoms with Crippen LogP contribution in [0.2, 0.25) is 0 Å². The van der Waals surface area contributed by atoms with Crippen LogP contribution < -0.4 is 10.1 Å². The lowest BCUT2D eigenvalue weighted by molar-refractivity contribution is -0.120. The maximum absolute atomic E-state index is 12.2. The summed E-state index contributed by atoms with van der Waals surface area (Å²) in [6, 6.07) is 7.95. The van der Waals surface area contributed by atoms with Crippen LogP contribution in [0, 0.1) is 0 Å². The number of nitrogens with one attached hydrogen (secondary N) is 1. The van der Waals surface area contributed by atoms with Crippen molar-refractivity contribution in [2.75, 3.05) is 27.7 Å². The summed E-state index contributed by atoms with van der Waals surface area (Å²) in [4.78, 5) is 18.7. The van der Waals surface area contributed by atoms with Gasteiger partial charge in [-0.15, -0.1) is 11.3 Å². The lowest BCUT2D eigenvalue weighted by atomic mass is 10.0. The second-order valence-electron chi connectivity index (χ2n) is 5.79. The van der Waals surface area contributed by atoms with Gasteiger partial charge in [-0.2, -0.15) is 0 Å². The molecule has 0 aliphatic rings. The number of benzene rings is 1. The van der Waals surface area contributed by atoms with Gasteiger partial charge in [0.2, 0.25) is 5.91 Å². The summed E-state index contributed by atoms with van der Waals surface area (Å²) in [6.07, 6.45) is 1.23. The van der Waals surface area contributed by atoms with Gasteiger partial charge in [0.15, 0.2) is 0 Å². The molecule has 0 bridgehead atoms. The van der Waals surface area contributed by atoms with E-state index in [4.69, 9.17) is 4.74 Å². The Morgan fingerprint density at radius 2 is 2.12 bits per heavy atom. The first-order chi connectivity index (χ1) is 11.5. The van der Waals surface area contributed by atoms with Crippen molar-refractivity contribution in [1.29, 1.82) is 0 Å². The van der Waals surface area contributed by atoms with E-state index >= 15 is 0 Å². The normalized spacial score (nSPS) is 12.2. The summed E-state index contributed by atoms with van der Waals surface area (Å²) in [5.41, 5.74) is 1.90. The summed E-state index contributed by atoms with van der Waals surface area (Å²) >= 11 is 1.61. The molecular weight excluding hydrogens is 322 g/mol. The Bertz CT molecular complexity index is 670. The van der Waals surface area contributed by atoms with E-state index in [9.17, 15) is 4.79 Å². The molecule has 2 aromatic rings. The van der Waals surface area contributed by atoms with Crippen LogP contribution in [0.5, 0.6) is 5.75 Å². The average molecular weight is 347 g/mol. The van der Waals surface area contributed by atoms with Crippen LogP contribution in [0.4, 0.5) is 0 Å². The van der Waals surface area contributed by atoms with E-state index < -0.39 is 0 Å². The van der Waals surface area contributed by atoms with Gasteiger partial charge in [0.25, 0.3) is 0 Å². The summed E-state index contributed by atoms with van der Waals surface area (Å²) in [5.74, 6) is 0.822. The number of amides is 1. The van der Waals surface area contributed by atoms with Crippen molar-refractivity contribution in [3.8, 4) is 5.75 Å². The molecule has 0 aliphatic carbocycles. The molecule has 0 radical (unpaired) electrons. The molecule has 24 heavy (non-hydrogen) atoms. The molecule has 1 aromatic carbocycles. The molecular formula is C18H25N3O2S. The first kappa shape index (κ1) is 18.4. The second kappa shape index (κ2) is 8.80. The molecule has 1 N–H and O–H groups in total. The fourth-order valence-corrected chi connectivity index (χ4v) is 3.29. The molecule has 1 atom stereocenters. The van der Waals surface area contributed by atoms with Crippen molar-refractivity contribution in [3.05, 3.63) is 45.9 Å². The molecule has 1 heterocycles. The number of aromatic nitrogens is 1. The molecule has 2 rings (SSSR count). The Balaban J connectivity index is 1.99. The highest BCUT2D eigenvalue weighted by atomic mass is 32.1. The fourth-order valence-electron chi connectivity index (χ4n) is 2.54. The van der Waals surface area contributed by atoms with Gasteiger partial charge in [0, 0.05) is 17.5 Å². The van der Waals surface area contributed by atoms with E-state index in [-0.39, 0.29) is 11.9 Å². The fraction of sp³-hybridized carbons (Fsp3) is 0.444. The third kappa shape index (κ3) is 4.79. The summed E-state index contributed by atoms with van der Waals surface area (Å²) < 4.78 is 5.45. The molecule has 1 amide bonds. The van der Waals surface area contributed by atoms with Crippen LogP contribution in [0.15, 0.2) is 29.6 Å². The Morgan fingerprint density at radius 1 is 1.38 bits per heavy atom. The molecule has 0 spiro atoms. The Kier molecular flexibility index (Phi) is 6.75. The molecule has 6 heteroatoms. The van der Waals surface area contributed by atoms with Gasteiger partial charge in [-0.3, -0.25) is 4.79 Å². The first-order valence-electron chi connectivity index (χ1n) is 8.04. The topological polar surface area (TPSA) is 54.5 Å². The Labute approximate surface area is 147 Å². The zero-order valence-corrected chi connectivity index (χ0v) is 15.5. The SMILES string of the molecule is CCc1nc(CC(=O)NC[C@@H](c2ccccc2OC)N(C)C)cs1. The molecule has 0 aliphatic heterocycles. The predicted molar refractivity (Wildman–Crippen MR) is 97.6 cm³/mol. The Hall–Kier alpha value is -1.92. The highest BCUT2D eigenvalue weighted by Crippen LogP contribution is 2.27. The van der Waals surface area contributed by atoms with Crippen LogP contribution in [-0.2, 0) is 17.6 Å². The van der Waals surface area contributed by atoms with Crippen LogP contribution in [0.1, 0.15) is 29.2 Å². The smallest absolute Gasteiger partial charge is 0.226 e. The van der Waals surface area contributed by atoms with Crippen LogP contribution in [0.3, 0.4) is 0 Å². The van der Waals surface area contributed by atoms with Gasteiger partial charge < -0.3 is 15.0 Å². The van der Waals surface area contributed by atoms with Crippen molar-refractivity contribution < 1.29 is 9.53 Å². The van der Waals surface area contributed by atoms with Gasteiger partial charge in [-0.1, -0.05) is 25.1 Å². The molecule has 0 unspecified atom stereocenters. The third-order valence-corrected chi connectivity index (χ3v) is 4.90. The van der Waals surface area contributed by atoms with Gasteiger partial charge in [0.1, 0.15) is 5.75 Å². The number of hydrogen-bond donors (Lipinski definition) is 1. The van der Waals surface area contributed by atoms with Crippen LogP contribution in [-0.4, -0.2) is 43.5 Å². The van der Waals surface area contributed by atoms with Crippen LogP contribution in [0.25, 0.3) is 0 Å². The molecule has 0 fully saturated rings. The van der Waals surface area contributed by atoms with E-state index in [1.54, 1.807) is 18.4 Å². The number of nitrogens with zero attached hydrogens (tertiary/aromatic N) is 2. The summed E-state index contributed by atoms with van der Waals surface area (Å²) in [6.45, 7) is 2.59. The average Bonchev–Trinajstić information content (AvgIpc) is 3.02. The van der Waals surface area contributed by atoms with E-state index in [1.165, 1.54) is 0 Å². The number of carbonyl (C=O) groups excluding carboxylic acids is 1. The second-order valence-corrected chi connectivity index (χ2v) is 6.73. The lowest BCUT2D eigenvalue weighted by Crippen LogP contribution is -2.35. The standard InChI is InChI=1S/C18H25N3O2S/c1-5-18-20-13(12-24-18)10-17(22)19-11-15(21(2)3)14-8-6-7-9-16(14)23-4/h6-9,12,15H,5,10-11H2,1-4H3,(H,19,22)/t15-/m0/s1. The van der Waals surface area contributed by atoms with Crippen LogP contribution >= 0.6 is 11.3 Å². The molecule has 0 saturated carbocycles. The zero-order chi connectivity index (χ0) is 17.5. The van der Waals surface area contributed by atoms with Crippen molar-refractivity contribution in [2.45, 2.75) is 25.8 Å². The number of thiazole rings is 1. The van der Waals surface area contributed by atoms with E-state index in [1.807, 2.05) is 43.7 Å². The van der Waals surface area contributed by atoms with E-state index in [0.29, 0.717) is 13.0 Å². The van der Waals surface area contributed by atoms with E-state index in [2.05, 4.69) is 22.1 Å². The minimum absolute atomic E-state index is 0.00954. The van der Waals surface area contributed by atoms with Crippen molar-refractivity contribution in [2.24, 2.45) is 0 Å². The number of aryl methyl sites for hydroxylation is 1. The molecule has 5 nitrogen and oxygen atoms in total. The number of carbonyl (C=O) groups is 1.